The van der Waals surface area contributed by atoms with E-state index in [2.05, 4.69) is 9.97 Å². The molecule has 0 fully saturated rings. The van der Waals surface area contributed by atoms with Crippen LogP contribution >= 0.6 is 23.4 Å². The zero-order valence-electron chi connectivity index (χ0n) is 6.70. The zero-order chi connectivity index (χ0) is 8.81. The van der Waals surface area contributed by atoms with Crippen LogP contribution in [-0.4, -0.2) is 15.7 Å². The molecule has 0 amide bonds. The van der Waals surface area contributed by atoms with Gasteiger partial charge in [-0.25, -0.2) is 9.97 Å². The molecule has 4 heteroatoms. The van der Waals surface area contributed by atoms with Crippen molar-refractivity contribution in [1.82, 2.24) is 9.97 Å². The Morgan fingerprint density at radius 2 is 2.17 bits per heavy atom. The lowest BCUT2D eigenvalue weighted by Gasteiger charge is -1.95. The van der Waals surface area contributed by atoms with E-state index in [1.165, 1.54) is 5.54 Å². The molecule has 64 valence electrons. The summed E-state index contributed by atoms with van der Waals surface area (Å²) >= 11 is 6.92. The van der Waals surface area contributed by atoms with Crippen molar-refractivity contribution < 1.29 is 0 Å². The Morgan fingerprint density at radius 3 is 2.75 bits per heavy atom. The minimum absolute atomic E-state index is 0.787. The summed E-state index contributed by atoms with van der Waals surface area (Å²) in [6, 6.07) is 0. The van der Waals surface area contributed by atoms with Crippen molar-refractivity contribution in [2.45, 2.75) is 12.1 Å². The number of rotatable bonds is 3. The minimum atomic E-state index is 0.787. The van der Waals surface area contributed by atoms with Gasteiger partial charge in [0, 0.05) is 23.7 Å². The molecule has 0 spiro atoms. The first-order chi connectivity index (χ1) is 5.83. The third kappa shape index (κ3) is 3.24. The summed E-state index contributed by atoms with van der Waals surface area (Å²) in [4.78, 5) is 8.25. The van der Waals surface area contributed by atoms with Crippen molar-refractivity contribution in [2.24, 2.45) is 0 Å². The first kappa shape index (κ1) is 9.55. The summed E-state index contributed by atoms with van der Waals surface area (Å²) in [6.45, 7) is 1.97. The van der Waals surface area contributed by atoms with Gasteiger partial charge in [-0.1, -0.05) is 29.4 Å². The van der Waals surface area contributed by atoms with Crippen molar-refractivity contribution in [1.29, 1.82) is 0 Å². The van der Waals surface area contributed by atoms with Crippen LogP contribution in [0.25, 0.3) is 0 Å². The molecule has 0 atom stereocenters. The minimum Gasteiger partial charge on any atom is -0.231 e. The number of aryl methyl sites for hydroxylation is 1. The predicted octanol–water partition coefficient (Wildman–Crippen LogP) is 2.63. The molecule has 0 aliphatic heterocycles. The van der Waals surface area contributed by atoms with Gasteiger partial charge in [0.25, 0.3) is 0 Å². The average Bonchev–Trinajstić information content (AvgIpc) is 2.09. The summed E-state index contributed by atoms with van der Waals surface area (Å²) < 4.78 is 0. The second-order valence-electron chi connectivity index (χ2n) is 2.22. The molecular weight excluding hydrogens is 192 g/mol. The van der Waals surface area contributed by atoms with Crippen LogP contribution in [0.15, 0.2) is 29.2 Å². The Bertz CT molecular complexity index is 258. The van der Waals surface area contributed by atoms with Gasteiger partial charge in [0.1, 0.15) is 0 Å². The first-order valence-corrected chi connectivity index (χ1v) is 4.92. The van der Waals surface area contributed by atoms with E-state index in [4.69, 9.17) is 11.6 Å². The number of hydrogen-bond acceptors (Lipinski definition) is 3. The summed E-state index contributed by atoms with van der Waals surface area (Å²) in [5.41, 5.74) is 2.58. The highest BCUT2D eigenvalue weighted by Crippen LogP contribution is 2.11. The fraction of sp³-hybridized carbons (Fsp3) is 0.250. The molecular formula is C8H9ClN2S. The van der Waals surface area contributed by atoms with Crippen LogP contribution in [0.5, 0.6) is 0 Å². The van der Waals surface area contributed by atoms with E-state index in [1.54, 1.807) is 24.2 Å². The molecule has 1 aromatic heterocycles. The van der Waals surface area contributed by atoms with E-state index in [9.17, 15) is 0 Å². The lowest BCUT2D eigenvalue weighted by molar-refractivity contribution is 0.952. The van der Waals surface area contributed by atoms with Gasteiger partial charge >= 0.3 is 0 Å². The van der Waals surface area contributed by atoms with Gasteiger partial charge in [-0.2, -0.15) is 0 Å². The van der Waals surface area contributed by atoms with Crippen LogP contribution in [0, 0.1) is 6.92 Å². The third-order valence-corrected chi connectivity index (χ3v) is 2.16. The molecule has 1 heterocycles. The van der Waals surface area contributed by atoms with Crippen LogP contribution in [0.3, 0.4) is 0 Å². The highest BCUT2D eigenvalue weighted by Gasteiger charge is 1.93. The fourth-order valence-corrected chi connectivity index (χ4v) is 1.41. The van der Waals surface area contributed by atoms with Crippen molar-refractivity contribution in [3.8, 4) is 0 Å². The zero-order valence-corrected chi connectivity index (χ0v) is 8.27. The lowest BCUT2D eigenvalue weighted by atomic mass is 10.4. The van der Waals surface area contributed by atoms with Crippen LogP contribution in [0.2, 0.25) is 0 Å². The van der Waals surface area contributed by atoms with E-state index >= 15 is 0 Å². The monoisotopic (exact) mass is 200 g/mol. The summed E-state index contributed by atoms with van der Waals surface area (Å²) in [7, 11) is 0. The van der Waals surface area contributed by atoms with Gasteiger partial charge in [0.15, 0.2) is 5.16 Å². The third-order valence-electron chi connectivity index (χ3n) is 1.15. The molecule has 0 bridgehead atoms. The Kier molecular flexibility index (Phi) is 4.11. The maximum Gasteiger partial charge on any atom is 0.187 e. The largest absolute Gasteiger partial charge is 0.231 e. The molecule has 0 unspecified atom stereocenters. The van der Waals surface area contributed by atoms with Crippen LogP contribution < -0.4 is 0 Å². The second kappa shape index (κ2) is 5.17. The molecule has 0 aromatic carbocycles. The quantitative estimate of drug-likeness (QED) is 0.554. The number of hydrogen-bond donors (Lipinski definition) is 0. The fourth-order valence-electron chi connectivity index (χ4n) is 0.614. The molecule has 1 aromatic rings. The molecule has 0 aliphatic carbocycles. The number of halogens is 1. The Morgan fingerprint density at radius 1 is 1.50 bits per heavy atom. The van der Waals surface area contributed by atoms with Crippen molar-refractivity contribution in [3.05, 3.63) is 29.6 Å². The summed E-state index contributed by atoms with van der Waals surface area (Å²) in [6.07, 6.45) is 5.47. The van der Waals surface area contributed by atoms with E-state index < -0.39 is 0 Å². The standard InChI is InChI=1S/C8H9ClN2S/c1-7-5-10-8(11-6-7)12-4-2-3-9/h2-3,5-6H,4H2,1H3/b3-2+. The molecule has 0 aliphatic rings. The number of aromatic nitrogens is 2. The molecule has 0 saturated heterocycles. The highest BCUT2D eigenvalue weighted by atomic mass is 35.5. The van der Waals surface area contributed by atoms with Crippen LogP contribution in [-0.2, 0) is 0 Å². The summed E-state index contributed by atoms with van der Waals surface area (Å²) in [5.74, 6) is 0.812. The maximum atomic E-state index is 5.36. The molecule has 0 N–H and O–H groups in total. The van der Waals surface area contributed by atoms with Gasteiger partial charge in [-0.3, -0.25) is 0 Å². The second-order valence-corrected chi connectivity index (χ2v) is 3.45. The number of nitrogens with zero attached hydrogens (tertiary/aromatic N) is 2. The van der Waals surface area contributed by atoms with Gasteiger partial charge in [-0.05, 0) is 12.5 Å². The maximum absolute atomic E-state index is 5.36. The van der Waals surface area contributed by atoms with Gasteiger partial charge in [0.05, 0.1) is 0 Å². The van der Waals surface area contributed by atoms with E-state index in [1.807, 2.05) is 13.0 Å². The average molecular weight is 201 g/mol. The van der Waals surface area contributed by atoms with Gasteiger partial charge in [-0.15, -0.1) is 0 Å². The number of thioether (sulfide) groups is 1. The Hall–Kier alpha value is -0.540. The van der Waals surface area contributed by atoms with Crippen LogP contribution in [0.1, 0.15) is 5.56 Å². The van der Waals surface area contributed by atoms with Gasteiger partial charge < -0.3 is 0 Å². The molecule has 2 nitrogen and oxygen atoms in total. The lowest BCUT2D eigenvalue weighted by Crippen LogP contribution is -1.86. The SMILES string of the molecule is Cc1cnc(SC/C=C/Cl)nc1. The molecule has 12 heavy (non-hydrogen) atoms. The van der Waals surface area contributed by atoms with E-state index in [-0.39, 0.29) is 0 Å². The molecule has 1 rings (SSSR count). The Labute approximate surface area is 81.1 Å². The first-order valence-electron chi connectivity index (χ1n) is 3.49. The van der Waals surface area contributed by atoms with Crippen molar-refractivity contribution >= 4 is 23.4 Å². The van der Waals surface area contributed by atoms with E-state index in [0.29, 0.717) is 0 Å². The highest BCUT2D eigenvalue weighted by molar-refractivity contribution is 7.99. The molecule has 0 radical (unpaired) electrons. The smallest absolute Gasteiger partial charge is 0.187 e. The van der Waals surface area contributed by atoms with Gasteiger partial charge in [0.2, 0.25) is 0 Å². The Balaban J connectivity index is 2.47. The van der Waals surface area contributed by atoms with E-state index in [0.717, 1.165) is 16.5 Å². The van der Waals surface area contributed by atoms with Crippen LogP contribution in [0.4, 0.5) is 0 Å². The van der Waals surface area contributed by atoms with Crippen molar-refractivity contribution in [3.63, 3.8) is 0 Å². The molecule has 0 saturated carbocycles. The normalized spacial score (nSPS) is 10.8. The topological polar surface area (TPSA) is 25.8 Å². The summed E-state index contributed by atoms with van der Waals surface area (Å²) in [5, 5.41) is 0.787. The predicted molar refractivity (Wildman–Crippen MR) is 52.5 cm³/mol. The van der Waals surface area contributed by atoms with Crippen molar-refractivity contribution in [2.75, 3.05) is 5.75 Å².